The number of aromatic nitrogens is 5. The molecule has 1 saturated carbocycles. The predicted molar refractivity (Wildman–Crippen MR) is 93.9 cm³/mol. The fraction of sp³-hybridized carbons (Fsp3) is 0.412. The molecule has 0 amide bonds. The number of nitrogens with one attached hydrogen (secondary N) is 3. The van der Waals surface area contributed by atoms with E-state index in [4.69, 9.17) is 0 Å². The lowest BCUT2D eigenvalue weighted by atomic mass is 9.91. The van der Waals surface area contributed by atoms with Crippen molar-refractivity contribution in [3.05, 3.63) is 36.4 Å². The highest BCUT2D eigenvalue weighted by atomic mass is 15.2. The first-order chi connectivity index (χ1) is 11.8. The summed E-state index contributed by atoms with van der Waals surface area (Å²) in [6.45, 7) is 1.90. The van der Waals surface area contributed by atoms with Crippen LogP contribution in [0.3, 0.4) is 0 Å². The highest BCUT2D eigenvalue weighted by Crippen LogP contribution is 2.26. The maximum Gasteiger partial charge on any atom is 0.161 e. The van der Waals surface area contributed by atoms with Gasteiger partial charge in [-0.3, -0.25) is 5.10 Å². The molecule has 0 aliphatic heterocycles. The van der Waals surface area contributed by atoms with Crippen LogP contribution in [0, 0.1) is 6.92 Å². The van der Waals surface area contributed by atoms with Crippen LogP contribution in [0.4, 0.5) is 11.6 Å². The summed E-state index contributed by atoms with van der Waals surface area (Å²) in [4.78, 5) is 13.3. The van der Waals surface area contributed by atoms with E-state index in [9.17, 15) is 0 Å². The van der Waals surface area contributed by atoms with Crippen LogP contribution in [0.1, 0.15) is 31.5 Å². The number of fused-ring (bicyclic) bond motifs is 1. The Morgan fingerprint density at radius 1 is 1.04 bits per heavy atom. The first-order valence-corrected chi connectivity index (χ1v) is 8.40. The zero-order valence-corrected chi connectivity index (χ0v) is 13.7. The molecular weight excluding hydrogens is 302 g/mol. The Morgan fingerprint density at radius 2 is 1.83 bits per heavy atom. The van der Waals surface area contributed by atoms with Crippen molar-refractivity contribution in [2.45, 2.75) is 44.7 Å². The monoisotopic (exact) mass is 323 g/mol. The van der Waals surface area contributed by atoms with Gasteiger partial charge in [0.05, 0.1) is 11.6 Å². The molecule has 0 unspecified atom stereocenters. The van der Waals surface area contributed by atoms with Gasteiger partial charge in [-0.25, -0.2) is 15.0 Å². The standard InChI is InChI=1S/C17H21N7/c1-11-20-16(14-10-19-24-17(14)21-11)23-13-7-5-12(6-8-13)22-15-4-2-3-9-18-15/h2-4,9-10,12-13H,5-8H2,1H3,(H,18,22)(H2,19,20,21,23,24). The Hall–Kier alpha value is -2.70. The predicted octanol–water partition coefficient (Wildman–Crippen LogP) is 2.89. The maximum atomic E-state index is 4.55. The fourth-order valence-electron chi connectivity index (χ4n) is 3.29. The van der Waals surface area contributed by atoms with Crippen molar-refractivity contribution in [3.8, 4) is 0 Å². The van der Waals surface area contributed by atoms with Gasteiger partial charge in [-0.2, -0.15) is 5.10 Å². The van der Waals surface area contributed by atoms with Crippen LogP contribution in [-0.2, 0) is 0 Å². The maximum absolute atomic E-state index is 4.55. The molecule has 3 aromatic heterocycles. The second-order valence-electron chi connectivity index (χ2n) is 6.30. The van der Waals surface area contributed by atoms with E-state index in [0.29, 0.717) is 12.1 Å². The number of pyridine rings is 1. The molecule has 1 fully saturated rings. The van der Waals surface area contributed by atoms with Crippen molar-refractivity contribution >= 4 is 22.7 Å². The molecular formula is C17H21N7. The van der Waals surface area contributed by atoms with Gasteiger partial charge in [0.1, 0.15) is 17.5 Å². The minimum absolute atomic E-state index is 0.430. The van der Waals surface area contributed by atoms with E-state index in [1.165, 1.54) is 0 Å². The highest BCUT2D eigenvalue weighted by Gasteiger charge is 2.22. The molecule has 0 atom stereocenters. The van der Waals surface area contributed by atoms with Crippen LogP contribution in [0.2, 0.25) is 0 Å². The molecule has 0 spiro atoms. The average Bonchev–Trinajstić information content (AvgIpc) is 3.06. The van der Waals surface area contributed by atoms with E-state index in [2.05, 4.69) is 35.8 Å². The van der Waals surface area contributed by atoms with E-state index in [1.54, 1.807) is 6.20 Å². The average molecular weight is 323 g/mol. The lowest BCUT2D eigenvalue weighted by Gasteiger charge is -2.30. The van der Waals surface area contributed by atoms with Crippen molar-refractivity contribution in [3.63, 3.8) is 0 Å². The molecule has 1 aliphatic rings. The molecule has 0 radical (unpaired) electrons. The van der Waals surface area contributed by atoms with Crippen LogP contribution >= 0.6 is 0 Å². The first-order valence-electron chi connectivity index (χ1n) is 8.40. The number of nitrogens with zero attached hydrogens (tertiary/aromatic N) is 4. The number of aromatic amines is 1. The van der Waals surface area contributed by atoms with E-state index in [1.807, 2.05) is 31.3 Å². The Kier molecular flexibility index (Phi) is 3.98. The normalized spacial score (nSPS) is 20.9. The highest BCUT2D eigenvalue weighted by molar-refractivity contribution is 5.85. The smallest absolute Gasteiger partial charge is 0.161 e. The minimum Gasteiger partial charge on any atom is -0.367 e. The van der Waals surface area contributed by atoms with Gasteiger partial charge in [0, 0.05) is 18.3 Å². The molecule has 3 N–H and O–H groups in total. The van der Waals surface area contributed by atoms with Gasteiger partial charge in [0.15, 0.2) is 5.65 Å². The van der Waals surface area contributed by atoms with Gasteiger partial charge in [0.2, 0.25) is 0 Å². The minimum atomic E-state index is 0.430. The van der Waals surface area contributed by atoms with E-state index >= 15 is 0 Å². The third-order valence-electron chi connectivity index (χ3n) is 4.51. The molecule has 3 aromatic rings. The summed E-state index contributed by atoms with van der Waals surface area (Å²) in [5.74, 6) is 2.59. The first kappa shape index (κ1) is 14.9. The van der Waals surface area contributed by atoms with Crippen molar-refractivity contribution < 1.29 is 0 Å². The zero-order chi connectivity index (χ0) is 16.4. The third kappa shape index (κ3) is 3.15. The molecule has 124 valence electrons. The lowest BCUT2D eigenvalue weighted by Crippen LogP contribution is -2.32. The molecule has 0 bridgehead atoms. The summed E-state index contributed by atoms with van der Waals surface area (Å²) in [7, 11) is 0. The van der Waals surface area contributed by atoms with Gasteiger partial charge in [-0.1, -0.05) is 6.07 Å². The number of hydrogen-bond acceptors (Lipinski definition) is 6. The van der Waals surface area contributed by atoms with E-state index in [-0.39, 0.29) is 0 Å². The number of H-pyrrole nitrogens is 1. The van der Waals surface area contributed by atoms with Crippen molar-refractivity contribution in [2.75, 3.05) is 10.6 Å². The zero-order valence-electron chi connectivity index (χ0n) is 13.7. The Labute approximate surface area is 140 Å². The number of hydrogen-bond donors (Lipinski definition) is 3. The van der Waals surface area contributed by atoms with E-state index < -0.39 is 0 Å². The third-order valence-corrected chi connectivity index (χ3v) is 4.51. The van der Waals surface area contributed by atoms with Gasteiger partial charge < -0.3 is 10.6 Å². The molecule has 7 nitrogen and oxygen atoms in total. The second-order valence-corrected chi connectivity index (χ2v) is 6.30. The summed E-state index contributed by atoms with van der Waals surface area (Å²) in [6.07, 6.45) is 8.05. The Bertz CT molecular complexity index is 806. The van der Waals surface area contributed by atoms with Gasteiger partial charge in [-0.15, -0.1) is 0 Å². The van der Waals surface area contributed by atoms with E-state index in [0.717, 1.165) is 54.2 Å². The van der Waals surface area contributed by atoms with Crippen LogP contribution in [-0.4, -0.2) is 37.2 Å². The summed E-state index contributed by atoms with van der Waals surface area (Å²) in [6, 6.07) is 6.88. The summed E-state index contributed by atoms with van der Waals surface area (Å²) >= 11 is 0. The summed E-state index contributed by atoms with van der Waals surface area (Å²) in [5, 5.41) is 15.0. The lowest BCUT2D eigenvalue weighted by molar-refractivity contribution is 0.428. The molecule has 7 heteroatoms. The Morgan fingerprint density at radius 3 is 2.58 bits per heavy atom. The quantitative estimate of drug-likeness (QED) is 0.684. The number of rotatable bonds is 4. The van der Waals surface area contributed by atoms with Crippen molar-refractivity contribution in [1.82, 2.24) is 25.1 Å². The molecule has 4 rings (SSSR count). The summed E-state index contributed by atoms with van der Waals surface area (Å²) < 4.78 is 0. The van der Waals surface area contributed by atoms with Gasteiger partial charge in [0.25, 0.3) is 0 Å². The molecule has 24 heavy (non-hydrogen) atoms. The molecule has 0 aromatic carbocycles. The second kappa shape index (κ2) is 6.43. The number of anilines is 2. The summed E-state index contributed by atoms with van der Waals surface area (Å²) in [5.41, 5.74) is 0.788. The largest absolute Gasteiger partial charge is 0.367 e. The van der Waals surface area contributed by atoms with Gasteiger partial charge in [-0.05, 0) is 44.7 Å². The molecule has 3 heterocycles. The molecule has 1 aliphatic carbocycles. The van der Waals surface area contributed by atoms with Gasteiger partial charge >= 0.3 is 0 Å². The fourth-order valence-corrected chi connectivity index (χ4v) is 3.29. The number of aryl methyl sites for hydroxylation is 1. The van der Waals surface area contributed by atoms with Crippen molar-refractivity contribution in [2.24, 2.45) is 0 Å². The molecule has 0 saturated heterocycles. The van der Waals surface area contributed by atoms with Crippen molar-refractivity contribution in [1.29, 1.82) is 0 Å². The van der Waals surface area contributed by atoms with Crippen LogP contribution in [0.15, 0.2) is 30.6 Å². The SMILES string of the molecule is Cc1nc(NC2CCC(Nc3ccccn3)CC2)c2cn[nH]c2n1. The Balaban J connectivity index is 1.38. The topological polar surface area (TPSA) is 91.4 Å². The van der Waals surface area contributed by atoms with Crippen LogP contribution < -0.4 is 10.6 Å². The van der Waals surface area contributed by atoms with Crippen LogP contribution in [0.5, 0.6) is 0 Å². The van der Waals surface area contributed by atoms with Crippen LogP contribution in [0.25, 0.3) is 11.0 Å².